The molecule has 1 aliphatic rings. The van der Waals surface area contributed by atoms with Crippen LogP contribution in [0, 0.1) is 12.7 Å². The number of hydrogen-bond donors (Lipinski definition) is 0. The minimum absolute atomic E-state index is 0.0992. The van der Waals surface area contributed by atoms with Gasteiger partial charge in [-0.25, -0.2) is 9.18 Å². The van der Waals surface area contributed by atoms with Crippen LogP contribution < -0.4 is 4.74 Å². The second-order valence-electron chi connectivity index (χ2n) is 6.68. The van der Waals surface area contributed by atoms with E-state index in [1.54, 1.807) is 42.3 Å². The summed E-state index contributed by atoms with van der Waals surface area (Å²) in [6.07, 6.45) is 2.70. The molecule has 1 amide bonds. The van der Waals surface area contributed by atoms with E-state index in [4.69, 9.17) is 9.26 Å². The van der Waals surface area contributed by atoms with Crippen molar-refractivity contribution in [2.45, 2.75) is 25.7 Å². The first-order chi connectivity index (χ1) is 13.6. The topological polar surface area (TPSA) is 81.4 Å². The molecule has 28 heavy (non-hydrogen) atoms. The van der Waals surface area contributed by atoms with E-state index in [0.29, 0.717) is 54.7 Å². The highest BCUT2D eigenvalue weighted by atomic mass is 19.1. The van der Waals surface area contributed by atoms with E-state index < -0.39 is 0 Å². The Morgan fingerprint density at radius 3 is 2.68 bits per heavy atom. The third-order valence-corrected chi connectivity index (χ3v) is 4.81. The van der Waals surface area contributed by atoms with Gasteiger partial charge < -0.3 is 14.2 Å². The molecule has 0 N–H and O–H groups in total. The number of carbonyl (C=O) groups excluding carboxylic acids is 1. The number of pyridine rings is 1. The number of piperidine rings is 1. The number of aryl methyl sites for hydroxylation is 1. The molecule has 0 spiro atoms. The molecule has 0 saturated carbocycles. The van der Waals surface area contributed by atoms with Crippen molar-refractivity contribution in [2.24, 2.45) is 0 Å². The highest BCUT2D eigenvalue weighted by molar-refractivity contribution is 5.71. The Morgan fingerprint density at radius 2 is 1.96 bits per heavy atom. The second kappa shape index (κ2) is 7.75. The van der Waals surface area contributed by atoms with Gasteiger partial charge in [-0.05, 0) is 56.2 Å². The van der Waals surface area contributed by atoms with Crippen molar-refractivity contribution < 1.29 is 18.4 Å². The first kappa shape index (κ1) is 18.1. The number of ether oxygens (including phenoxy) is 1. The molecule has 1 aliphatic heterocycles. The van der Waals surface area contributed by atoms with Crippen LogP contribution >= 0.6 is 0 Å². The number of likely N-dealkylation sites (tertiary alicyclic amines) is 1. The zero-order valence-corrected chi connectivity index (χ0v) is 15.3. The van der Waals surface area contributed by atoms with E-state index in [9.17, 15) is 9.18 Å². The van der Waals surface area contributed by atoms with Gasteiger partial charge in [-0.15, -0.1) is 0 Å². The van der Waals surface area contributed by atoms with Crippen LogP contribution in [0.25, 0.3) is 11.5 Å². The lowest BCUT2D eigenvalue weighted by Gasteiger charge is -2.29. The smallest absolute Gasteiger partial charge is 0.408 e. The normalized spacial score (nSPS) is 14.9. The molecule has 0 aliphatic carbocycles. The number of benzene rings is 1. The van der Waals surface area contributed by atoms with Crippen molar-refractivity contribution in [1.29, 1.82) is 0 Å². The summed E-state index contributed by atoms with van der Waals surface area (Å²) >= 11 is 0. The van der Waals surface area contributed by atoms with Gasteiger partial charge in [-0.3, -0.25) is 4.98 Å². The van der Waals surface area contributed by atoms with Gasteiger partial charge in [0, 0.05) is 30.8 Å². The van der Waals surface area contributed by atoms with Crippen molar-refractivity contribution in [2.75, 3.05) is 13.1 Å². The van der Waals surface area contributed by atoms with Crippen LogP contribution in [0.4, 0.5) is 9.18 Å². The van der Waals surface area contributed by atoms with E-state index in [1.165, 1.54) is 12.1 Å². The summed E-state index contributed by atoms with van der Waals surface area (Å²) in [6.45, 7) is 2.89. The van der Waals surface area contributed by atoms with E-state index in [2.05, 4.69) is 15.1 Å². The average Bonchev–Trinajstić information content (AvgIpc) is 3.20. The molecule has 2 aromatic heterocycles. The van der Waals surface area contributed by atoms with Crippen molar-refractivity contribution in [3.63, 3.8) is 0 Å². The Balaban J connectivity index is 1.36. The van der Waals surface area contributed by atoms with Gasteiger partial charge in [0.2, 0.25) is 0 Å². The lowest BCUT2D eigenvalue weighted by molar-refractivity contribution is 0.137. The number of amides is 1. The summed E-state index contributed by atoms with van der Waals surface area (Å²) in [7, 11) is 0. The number of hydrogen-bond acceptors (Lipinski definition) is 6. The molecule has 0 unspecified atom stereocenters. The van der Waals surface area contributed by atoms with Crippen molar-refractivity contribution in [1.82, 2.24) is 20.0 Å². The molecule has 0 radical (unpaired) electrons. The van der Waals surface area contributed by atoms with Crippen molar-refractivity contribution >= 4 is 6.09 Å². The second-order valence-corrected chi connectivity index (χ2v) is 6.68. The summed E-state index contributed by atoms with van der Waals surface area (Å²) in [5.41, 5.74) is 1.35. The van der Waals surface area contributed by atoms with E-state index in [0.717, 1.165) is 0 Å². The van der Waals surface area contributed by atoms with Crippen LogP contribution in [-0.4, -0.2) is 39.2 Å². The quantitative estimate of drug-likeness (QED) is 0.682. The van der Waals surface area contributed by atoms with Gasteiger partial charge in [-0.1, -0.05) is 5.16 Å². The molecular formula is C20H19FN4O3. The molecule has 4 rings (SSSR count). The zero-order valence-electron chi connectivity index (χ0n) is 15.3. The van der Waals surface area contributed by atoms with Gasteiger partial charge in [0.25, 0.3) is 5.89 Å². The average molecular weight is 382 g/mol. The van der Waals surface area contributed by atoms with Crippen LogP contribution in [0.2, 0.25) is 0 Å². The third kappa shape index (κ3) is 3.85. The SMILES string of the molecule is Cc1ncccc1OC(=O)N1CCC(c2noc(-c3ccc(F)cc3)n2)CC1. The summed E-state index contributed by atoms with van der Waals surface area (Å²) in [6, 6.07) is 9.37. The lowest BCUT2D eigenvalue weighted by atomic mass is 9.96. The standard InChI is InChI=1S/C20H19FN4O3/c1-13-17(3-2-10-22-13)27-20(26)25-11-8-14(9-12-25)18-23-19(28-24-18)15-4-6-16(21)7-5-15/h2-7,10,14H,8-9,11-12H2,1H3. The molecule has 1 fully saturated rings. The summed E-state index contributed by atoms with van der Waals surface area (Å²) in [5.74, 6) is 1.22. The molecule has 0 bridgehead atoms. The van der Waals surface area contributed by atoms with Gasteiger partial charge >= 0.3 is 6.09 Å². The lowest BCUT2D eigenvalue weighted by Crippen LogP contribution is -2.39. The minimum Gasteiger partial charge on any atom is -0.408 e. The van der Waals surface area contributed by atoms with E-state index in [1.807, 2.05) is 0 Å². The maximum absolute atomic E-state index is 13.0. The molecule has 8 heteroatoms. The Morgan fingerprint density at radius 1 is 1.21 bits per heavy atom. The Hall–Kier alpha value is -3.29. The van der Waals surface area contributed by atoms with Crippen LogP contribution in [-0.2, 0) is 0 Å². The van der Waals surface area contributed by atoms with Crippen LogP contribution in [0.3, 0.4) is 0 Å². The van der Waals surface area contributed by atoms with Gasteiger partial charge in [0.15, 0.2) is 11.6 Å². The fraction of sp³-hybridized carbons (Fsp3) is 0.300. The third-order valence-electron chi connectivity index (χ3n) is 4.81. The molecule has 0 atom stereocenters. The number of halogens is 1. The molecule has 7 nitrogen and oxygen atoms in total. The maximum Gasteiger partial charge on any atom is 0.415 e. The Kier molecular flexibility index (Phi) is 5.01. The van der Waals surface area contributed by atoms with E-state index in [-0.39, 0.29) is 17.8 Å². The highest BCUT2D eigenvalue weighted by Crippen LogP contribution is 2.28. The first-order valence-electron chi connectivity index (χ1n) is 9.08. The summed E-state index contributed by atoms with van der Waals surface area (Å²) in [5, 5.41) is 4.07. The molecule has 144 valence electrons. The predicted molar refractivity (Wildman–Crippen MR) is 98.2 cm³/mol. The monoisotopic (exact) mass is 382 g/mol. The van der Waals surface area contributed by atoms with Gasteiger partial charge in [0.1, 0.15) is 5.82 Å². The molecule has 3 heterocycles. The van der Waals surface area contributed by atoms with Crippen LogP contribution in [0.5, 0.6) is 5.75 Å². The highest BCUT2D eigenvalue weighted by Gasteiger charge is 2.28. The minimum atomic E-state index is -0.380. The Bertz CT molecular complexity index is 966. The van der Waals surface area contributed by atoms with Crippen molar-refractivity contribution in [3.05, 3.63) is 59.9 Å². The summed E-state index contributed by atoms with van der Waals surface area (Å²) < 4.78 is 23.8. The first-order valence-corrected chi connectivity index (χ1v) is 9.08. The zero-order chi connectivity index (χ0) is 19.5. The molecule has 3 aromatic rings. The van der Waals surface area contributed by atoms with Crippen LogP contribution in [0.15, 0.2) is 47.1 Å². The molecule has 1 aromatic carbocycles. The predicted octanol–water partition coefficient (Wildman–Crippen LogP) is 3.96. The number of nitrogens with zero attached hydrogens (tertiary/aromatic N) is 4. The van der Waals surface area contributed by atoms with Crippen molar-refractivity contribution in [3.8, 4) is 17.2 Å². The largest absolute Gasteiger partial charge is 0.415 e. The fourth-order valence-electron chi connectivity index (χ4n) is 3.17. The van der Waals surface area contributed by atoms with E-state index >= 15 is 0 Å². The number of aromatic nitrogens is 3. The number of rotatable bonds is 3. The molecular weight excluding hydrogens is 363 g/mol. The molecule has 1 saturated heterocycles. The summed E-state index contributed by atoms with van der Waals surface area (Å²) in [4.78, 5) is 22.6. The number of carbonyl (C=O) groups is 1. The fourth-order valence-corrected chi connectivity index (χ4v) is 3.17. The van der Waals surface area contributed by atoms with Gasteiger partial charge in [-0.2, -0.15) is 4.98 Å². The maximum atomic E-state index is 13.0. The Labute approximate surface area is 161 Å². The van der Waals surface area contributed by atoms with Crippen LogP contribution in [0.1, 0.15) is 30.3 Å². The van der Waals surface area contributed by atoms with Gasteiger partial charge in [0.05, 0.1) is 5.69 Å².